The third-order valence-corrected chi connectivity index (χ3v) is 5.96. The first-order chi connectivity index (χ1) is 12.9. The van der Waals surface area contributed by atoms with Crippen molar-refractivity contribution in [2.75, 3.05) is 46.3 Å². The lowest BCUT2D eigenvalue weighted by Crippen LogP contribution is -2.57. The number of carboxylic acid groups (broad SMARTS) is 1. The molecule has 2 aliphatic heterocycles. The Morgan fingerprint density at radius 3 is 2.48 bits per heavy atom. The highest BCUT2D eigenvalue weighted by molar-refractivity contribution is 5.96. The van der Waals surface area contributed by atoms with Crippen LogP contribution >= 0.6 is 0 Å². The number of aryl methyl sites for hydroxylation is 2. The summed E-state index contributed by atoms with van der Waals surface area (Å²) in [5.41, 5.74) is 1.16. The van der Waals surface area contributed by atoms with Crippen LogP contribution in [0.2, 0.25) is 0 Å². The van der Waals surface area contributed by atoms with E-state index in [0.29, 0.717) is 42.6 Å². The molecule has 2 aliphatic rings. The third-order valence-electron chi connectivity index (χ3n) is 5.96. The molecule has 0 spiro atoms. The molecule has 0 radical (unpaired) electrons. The molecule has 2 atom stereocenters. The molecule has 3 rings (SSSR count). The Balaban J connectivity index is 1.72. The normalized spacial score (nSPS) is 24.9. The molecule has 1 N–H and O–H groups in total. The highest BCUT2D eigenvalue weighted by Gasteiger charge is 2.37. The fourth-order valence-corrected chi connectivity index (χ4v) is 4.38. The number of carboxylic acids is 1. The summed E-state index contributed by atoms with van der Waals surface area (Å²) >= 11 is 0. The number of nitrogens with zero attached hydrogens (tertiary/aromatic N) is 4. The predicted molar refractivity (Wildman–Crippen MR) is 99.7 cm³/mol. The molecule has 3 heterocycles. The van der Waals surface area contributed by atoms with Crippen LogP contribution in [-0.2, 0) is 4.79 Å². The average Bonchev–Trinajstić information content (AvgIpc) is 2.98. The van der Waals surface area contributed by atoms with Crippen molar-refractivity contribution in [1.82, 2.24) is 19.9 Å². The van der Waals surface area contributed by atoms with Crippen LogP contribution in [0.3, 0.4) is 0 Å². The van der Waals surface area contributed by atoms with E-state index in [1.807, 2.05) is 4.90 Å². The second kappa shape index (κ2) is 8.39. The molecule has 27 heavy (non-hydrogen) atoms. The Kier molecular flexibility index (Phi) is 6.16. The van der Waals surface area contributed by atoms with Crippen LogP contribution in [0.25, 0.3) is 0 Å². The van der Waals surface area contributed by atoms with Gasteiger partial charge in [-0.1, -0.05) is 5.16 Å². The van der Waals surface area contributed by atoms with Crippen molar-refractivity contribution >= 4 is 11.9 Å². The summed E-state index contributed by atoms with van der Waals surface area (Å²) in [4.78, 5) is 30.8. The average molecular weight is 378 g/mol. The number of piperidine rings is 1. The van der Waals surface area contributed by atoms with Crippen LogP contribution in [0.5, 0.6) is 0 Å². The van der Waals surface area contributed by atoms with Crippen LogP contribution in [0.15, 0.2) is 4.52 Å². The number of piperazine rings is 1. The first kappa shape index (κ1) is 19.8. The van der Waals surface area contributed by atoms with Crippen molar-refractivity contribution in [3.8, 4) is 0 Å². The van der Waals surface area contributed by atoms with Crippen LogP contribution < -0.4 is 0 Å². The van der Waals surface area contributed by atoms with Gasteiger partial charge in [0.05, 0.1) is 5.69 Å². The maximum Gasteiger partial charge on any atom is 0.303 e. The lowest BCUT2D eigenvalue weighted by atomic mass is 9.86. The van der Waals surface area contributed by atoms with E-state index in [2.05, 4.69) is 22.0 Å². The van der Waals surface area contributed by atoms with Gasteiger partial charge in [-0.2, -0.15) is 0 Å². The van der Waals surface area contributed by atoms with Crippen molar-refractivity contribution in [3.05, 3.63) is 17.0 Å². The predicted octanol–water partition coefficient (Wildman–Crippen LogP) is 1.23. The highest BCUT2D eigenvalue weighted by Crippen LogP contribution is 2.29. The standard InChI is InChI=1S/C19H30N4O4/c1-13-18(14(2)27-20-13)19(26)23-7-6-16(15(12-23)4-5-17(24)25)22-10-8-21(3)9-11-22/h15-16H,4-12H2,1-3H3,(H,24,25)/t15-,16+/m0/s1. The summed E-state index contributed by atoms with van der Waals surface area (Å²) in [5, 5.41) is 13.0. The molecule has 0 aromatic carbocycles. The van der Waals surface area contributed by atoms with Crippen molar-refractivity contribution in [2.24, 2.45) is 5.92 Å². The number of rotatable bonds is 5. The molecule has 1 amide bonds. The van der Waals surface area contributed by atoms with Gasteiger partial charge in [-0.3, -0.25) is 14.5 Å². The number of likely N-dealkylation sites (tertiary alicyclic amines) is 1. The molecule has 2 fully saturated rings. The summed E-state index contributed by atoms with van der Waals surface area (Å²) in [6.07, 6.45) is 1.61. The summed E-state index contributed by atoms with van der Waals surface area (Å²) < 4.78 is 5.15. The summed E-state index contributed by atoms with van der Waals surface area (Å²) in [6, 6.07) is 0.340. The van der Waals surface area contributed by atoms with Crippen LogP contribution in [0, 0.1) is 19.8 Å². The number of aliphatic carboxylic acids is 1. The fourth-order valence-electron chi connectivity index (χ4n) is 4.38. The molecule has 8 nitrogen and oxygen atoms in total. The van der Waals surface area contributed by atoms with Crippen LogP contribution in [-0.4, -0.2) is 89.2 Å². The quantitative estimate of drug-likeness (QED) is 0.824. The Morgan fingerprint density at radius 1 is 1.19 bits per heavy atom. The lowest BCUT2D eigenvalue weighted by Gasteiger charge is -2.46. The lowest BCUT2D eigenvalue weighted by molar-refractivity contribution is -0.137. The van der Waals surface area contributed by atoms with Gasteiger partial charge in [-0.25, -0.2) is 0 Å². The number of amides is 1. The number of likely N-dealkylation sites (N-methyl/N-ethyl adjacent to an activating group) is 1. The van der Waals surface area contributed by atoms with E-state index in [1.54, 1.807) is 13.8 Å². The van der Waals surface area contributed by atoms with Gasteiger partial charge in [0.25, 0.3) is 5.91 Å². The molecule has 150 valence electrons. The first-order valence-electron chi connectivity index (χ1n) is 9.73. The van der Waals surface area contributed by atoms with E-state index in [0.717, 1.165) is 32.6 Å². The molecule has 0 saturated carbocycles. The minimum atomic E-state index is -0.777. The molecule has 2 saturated heterocycles. The summed E-state index contributed by atoms with van der Waals surface area (Å²) in [6.45, 7) is 8.88. The fraction of sp³-hybridized carbons (Fsp3) is 0.737. The molecule has 0 bridgehead atoms. The van der Waals surface area contributed by atoms with E-state index in [4.69, 9.17) is 9.63 Å². The molecule has 1 aromatic heterocycles. The first-order valence-corrected chi connectivity index (χ1v) is 9.73. The van der Waals surface area contributed by atoms with Gasteiger partial charge in [0, 0.05) is 51.7 Å². The zero-order valence-electron chi connectivity index (χ0n) is 16.5. The monoisotopic (exact) mass is 378 g/mol. The number of hydrogen-bond donors (Lipinski definition) is 1. The number of hydrogen-bond acceptors (Lipinski definition) is 6. The van der Waals surface area contributed by atoms with Gasteiger partial charge in [0.15, 0.2) is 0 Å². The molecule has 1 aromatic rings. The van der Waals surface area contributed by atoms with Crippen molar-refractivity contribution in [2.45, 2.75) is 39.2 Å². The van der Waals surface area contributed by atoms with Gasteiger partial charge in [-0.15, -0.1) is 0 Å². The second-order valence-corrected chi connectivity index (χ2v) is 7.84. The topological polar surface area (TPSA) is 90.1 Å². The third kappa shape index (κ3) is 4.50. The molecular weight excluding hydrogens is 348 g/mol. The van der Waals surface area contributed by atoms with Gasteiger partial charge in [0.2, 0.25) is 0 Å². The number of carbonyl (C=O) groups is 2. The van der Waals surface area contributed by atoms with Gasteiger partial charge < -0.3 is 19.4 Å². The molecule has 0 aliphatic carbocycles. The van der Waals surface area contributed by atoms with E-state index < -0.39 is 5.97 Å². The smallest absolute Gasteiger partial charge is 0.303 e. The van der Waals surface area contributed by atoms with Crippen molar-refractivity contribution in [1.29, 1.82) is 0 Å². The molecular formula is C19H30N4O4. The van der Waals surface area contributed by atoms with Crippen molar-refractivity contribution < 1.29 is 19.2 Å². The Labute approximate surface area is 160 Å². The Morgan fingerprint density at radius 2 is 1.89 bits per heavy atom. The van der Waals surface area contributed by atoms with Gasteiger partial charge in [-0.05, 0) is 39.7 Å². The summed E-state index contributed by atoms with van der Waals surface area (Å²) in [5.74, 6) is -0.117. The maximum atomic E-state index is 13.0. The van der Waals surface area contributed by atoms with E-state index >= 15 is 0 Å². The van der Waals surface area contributed by atoms with E-state index in [1.165, 1.54) is 0 Å². The SMILES string of the molecule is Cc1noc(C)c1C(=O)N1CC[C@@H](N2CCN(C)CC2)[C@@H](CCC(=O)O)C1. The maximum absolute atomic E-state index is 13.0. The highest BCUT2D eigenvalue weighted by atomic mass is 16.5. The van der Waals surface area contributed by atoms with Gasteiger partial charge >= 0.3 is 5.97 Å². The number of aromatic nitrogens is 1. The van der Waals surface area contributed by atoms with Gasteiger partial charge in [0.1, 0.15) is 11.3 Å². The molecule has 0 unspecified atom stereocenters. The zero-order chi connectivity index (χ0) is 19.6. The molecule has 8 heteroatoms. The minimum Gasteiger partial charge on any atom is -0.481 e. The van der Waals surface area contributed by atoms with Crippen molar-refractivity contribution in [3.63, 3.8) is 0 Å². The van der Waals surface area contributed by atoms with Crippen LogP contribution in [0.1, 0.15) is 41.1 Å². The Bertz CT molecular complexity index is 662. The minimum absolute atomic E-state index is 0.0524. The van der Waals surface area contributed by atoms with Crippen LogP contribution in [0.4, 0.5) is 0 Å². The van der Waals surface area contributed by atoms with E-state index in [9.17, 15) is 9.59 Å². The van der Waals surface area contributed by atoms with E-state index in [-0.39, 0.29) is 18.2 Å². The number of carbonyl (C=O) groups excluding carboxylic acids is 1. The zero-order valence-corrected chi connectivity index (χ0v) is 16.5. The Hall–Kier alpha value is -1.93. The largest absolute Gasteiger partial charge is 0.481 e. The summed E-state index contributed by atoms with van der Waals surface area (Å²) in [7, 11) is 2.13. The second-order valence-electron chi connectivity index (χ2n) is 7.84.